The van der Waals surface area contributed by atoms with Crippen LogP contribution in [0.5, 0.6) is 0 Å². The third-order valence-corrected chi connectivity index (χ3v) is 6.39. The summed E-state index contributed by atoms with van der Waals surface area (Å²) in [6, 6.07) is 11.7. The third-order valence-electron chi connectivity index (χ3n) is 4.95. The summed E-state index contributed by atoms with van der Waals surface area (Å²) in [4.78, 5) is 0. The molecular weight excluding hydrogens is 299 g/mol. The Kier molecular flexibility index (Phi) is 5.01. The fraction of sp³-hybridized carbons (Fsp3) is 0.579. The van der Waals surface area contributed by atoms with Crippen LogP contribution in [0.1, 0.15) is 40.2 Å². The molecule has 1 aliphatic rings. The molecule has 0 aliphatic carbocycles. The highest BCUT2D eigenvalue weighted by Gasteiger charge is 2.53. The first-order valence-electron chi connectivity index (χ1n) is 8.54. The first-order chi connectivity index (χ1) is 10.4. The van der Waals surface area contributed by atoms with Crippen LogP contribution in [0.4, 0.5) is 0 Å². The largest absolute Gasteiger partial charge is 0.490 e. The molecule has 1 aliphatic heterocycles. The minimum atomic E-state index is -1.29. The van der Waals surface area contributed by atoms with Gasteiger partial charge in [0.1, 0.15) is 0 Å². The Bertz CT molecular complexity index is 569. The predicted octanol–water partition coefficient (Wildman–Crippen LogP) is 5.43. The molecule has 1 aromatic carbocycles. The van der Waals surface area contributed by atoms with Gasteiger partial charge in [-0.3, -0.25) is 0 Å². The van der Waals surface area contributed by atoms with Crippen molar-refractivity contribution >= 4 is 20.8 Å². The summed E-state index contributed by atoms with van der Waals surface area (Å²) in [7, 11) is -1.54. The van der Waals surface area contributed by atoms with E-state index in [1.165, 1.54) is 16.6 Å². The van der Waals surface area contributed by atoms with Crippen molar-refractivity contribution in [3.05, 3.63) is 41.4 Å². The molecule has 126 valence electrons. The summed E-state index contributed by atoms with van der Waals surface area (Å²) in [5, 5.41) is 0. The summed E-state index contributed by atoms with van der Waals surface area (Å²) in [5.74, 6) is 0. The van der Waals surface area contributed by atoms with Gasteiger partial charge in [-0.2, -0.15) is 0 Å². The number of allylic oxidation sites excluding steroid dienone is 2. The fourth-order valence-electron chi connectivity index (χ4n) is 2.82. The maximum absolute atomic E-state index is 6.36. The molecule has 0 N–H and O–H groups in total. The lowest BCUT2D eigenvalue weighted by molar-refractivity contribution is 0.00578. The lowest BCUT2D eigenvalue weighted by atomic mass is 9.75. The molecule has 23 heavy (non-hydrogen) atoms. The molecular formula is C19H31BO2Si. The highest BCUT2D eigenvalue weighted by atomic mass is 28.3. The van der Waals surface area contributed by atoms with Crippen molar-refractivity contribution < 1.29 is 9.31 Å². The van der Waals surface area contributed by atoms with E-state index in [-0.39, 0.29) is 18.3 Å². The van der Waals surface area contributed by atoms with E-state index >= 15 is 0 Å². The molecule has 0 atom stereocenters. The lowest BCUT2D eigenvalue weighted by Crippen LogP contribution is -2.41. The van der Waals surface area contributed by atoms with Crippen molar-refractivity contribution in [2.45, 2.75) is 71.5 Å². The van der Waals surface area contributed by atoms with Crippen LogP contribution < -0.4 is 0 Å². The zero-order chi connectivity index (χ0) is 17.5. The van der Waals surface area contributed by atoms with E-state index in [0.717, 1.165) is 6.04 Å². The van der Waals surface area contributed by atoms with Crippen LogP contribution in [0.2, 0.25) is 25.7 Å². The highest BCUT2D eigenvalue weighted by molar-refractivity contribution is 6.78. The summed E-state index contributed by atoms with van der Waals surface area (Å²) >= 11 is 0. The maximum atomic E-state index is 6.36. The van der Waals surface area contributed by atoms with Crippen molar-refractivity contribution in [3.63, 3.8) is 0 Å². The zero-order valence-corrected chi connectivity index (χ0v) is 17.0. The van der Waals surface area contributed by atoms with Crippen molar-refractivity contribution in [3.8, 4) is 0 Å². The molecule has 2 rings (SSSR count). The summed E-state index contributed by atoms with van der Waals surface area (Å²) < 4.78 is 12.7. The van der Waals surface area contributed by atoms with Crippen LogP contribution in [0, 0.1) is 0 Å². The Balaban J connectivity index is 2.45. The van der Waals surface area contributed by atoms with Gasteiger partial charge in [-0.25, -0.2) is 0 Å². The molecule has 0 unspecified atom stereocenters. The van der Waals surface area contributed by atoms with E-state index in [9.17, 15) is 0 Å². The summed E-state index contributed by atoms with van der Waals surface area (Å²) in [6.07, 6.45) is 0. The Hall–Kier alpha value is -0.838. The summed E-state index contributed by atoms with van der Waals surface area (Å²) in [6.45, 7) is 17.9. The molecule has 2 nitrogen and oxygen atoms in total. The molecule has 0 spiro atoms. The van der Waals surface area contributed by atoms with Gasteiger partial charge in [-0.05, 0) is 57.3 Å². The van der Waals surface area contributed by atoms with Gasteiger partial charge in [0, 0.05) is 8.07 Å². The Morgan fingerprint density at radius 2 is 1.43 bits per heavy atom. The van der Waals surface area contributed by atoms with Crippen molar-refractivity contribution in [2.24, 2.45) is 0 Å². The number of rotatable bonds is 4. The van der Waals surface area contributed by atoms with Gasteiger partial charge in [0.25, 0.3) is 0 Å². The molecule has 0 saturated carbocycles. The van der Waals surface area contributed by atoms with Crippen molar-refractivity contribution in [2.75, 3.05) is 0 Å². The van der Waals surface area contributed by atoms with Gasteiger partial charge in [0.05, 0.1) is 11.2 Å². The Morgan fingerprint density at radius 3 is 1.87 bits per heavy atom. The smallest absolute Gasteiger partial charge is 0.400 e. The number of benzene rings is 1. The summed E-state index contributed by atoms with van der Waals surface area (Å²) in [5.41, 5.74) is 3.29. The fourth-order valence-corrected chi connectivity index (χ4v) is 4.40. The van der Waals surface area contributed by atoms with Crippen LogP contribution in [-0.2, 0) is 9.31 Å². The number of hydrogen-bond acceptors (Lipinski definition) is 2. The van der Waals surface area contributed by atoms with E-state index in [1.54, 1.807) is 0 Å². The van der Waals surface area contributed by atoms with Gasteiger partial charge < -0.3 is 9.31 Å². The maximum Gasteiger partial charge on any atom is 0.490 e. The van der Waals surface area contributed by atoms with E-state index in [4.69, 9.17) is 9.31 Å². The second-order valence-corrected chi connectivity index (χ2v) is 14.3. The minimum Gasteiger partial charge on any atom is -0.400 e. The first-order valence-corrected chi connectivity index (χ1v) is 12.2. The number of hydrogen-bond donors (Lipinski definition) is 0. The second-order valence-electron chi connectivity index (χ2n) is 8.84. The van der Waals surface area contributed by atoms with Gasteiger partial charge in [0.15, 0.2) is 0 Å². The monoisotopic (exact) mass is 330 g/mol. The molecule has 1 heterocycles. The molecule has 0 aromatic heterocycles. The van der Waals surface area contributed by atoms with E-state index in [1.807, 2.05) is 0 Å². The average molecular weight is 330 g/mol. The second kappa shape index (κ2) is 6.23. The van der Waals surface area contributed by atoms with Crippen LogP contribution in [0.25, 0.3) is 5.57 Å². The van der Waals surface area contributed by atoms with Crippen molar-refractivity contribution in [1.82, 2.24) is 0 Å². The van der Waals surface area contributed by atoms with Crippen LogP contribution >= 0.6 is 0 Å². The molecule has 0 bridgehead atoms. The molecule has 1 saturated heterocycles. The first kappa shape index (κ1) is 18.5. The van der Waals surface area contributed by atoms with E-state index < -0.39 is 8.07 Å². The quantitative estimate of drug-likeness (QED) is 0.685. The van der Waals surface area contributed by atoms with Crippen LogP contribution in [-0.4, -0.2) is 26.4 Å². The topological polar surface area (TPSA) is 18.5 Å². The SMILES string of the molecule is C/C(=C(/C[Si](C)(C)C)B1OC(C)(C)C(C)(C)O1)c1ccccc1. The average Bonchev–Trinajstić information content (AvgIpc) is 2.64. The Morgan fingerprint density at radius 1 is 0.957 bits per heavy atom. The normalized spacial score (nSPS) is 21.3. The van der Waals surface area contributed by atoms with Crippen LogP contribution in [0.3, 0.4) is 0 Å². The van der Waals surface area contributed by atoms with Gasteiger partial charge in [-0.15, -0.1) is 0 Å². The van der Waals surface area contributed by atoms with Gasteiger partial charge >= 0.3 is 7.12 Å². The molecule has 4 heteroatoms. The van der Waals surface area contributed by atoms with Gasteiger partial charge in [0.2, 0.25) is 0 Å². The van der Waals surface area contributed by atoms with Crippen molar-refractivity contribution in [1.29, 1.82) is 0 Å². The molecule has 0 amide bonds. The third kappa shape index (κ3) is 4.17. The molecule has 0 radical (unpaired) electrons. The predicted molar refractivity (Wildman–Crippen MR) is 103 cm³/mol. The van der Waals surface area contributed by atoms with E-state index in [2.05, 4.69) is 84.6 Å². The molecule has 1 fully saturated rings. The van der Waals surface area contributed by atoms with Crippen LogP contribution in [0.15, 0.2) is 35.8 Å². The Labute approximate surface area is 143 Å². The highest BCUT2D eigenvalue weighted by Crippen LogP contribution is 2.41. The van der Waals surface area contributed by atoms with E-state index in [0.29, 0.717) is 0 Å². The van der Waals surface area contributed by atoms with Gasteiger partial charge in [-0.1, -0.05) is 50.0 Å². The zero-order valence-electron chi connectivity index (χ0n) is 16.0. The lowest BCUT2D eigenvalue weighted by Gasteiger charge is -2.32. The molecule has 1 aromatic rings. The minimum absolute atomic E-state index is 0.244. The standard InChI is InChI=1S/C19H31BO2Si/c1-15(16-12-10-9-11-13-16)17(14-23(6,7)8)20-21-18(2,3)19(4,5)22-20/h9-13H,14H2,1-8H3/b17-15+.